The number of carboxylic acids is 1. The Morgan fingerprint density at radius 2 is 1.55 bits per heavy atom. The summed E-state index contributed by atoms with van der Waals surface area (Å²) in [7, 11) is 0. The predicted molar refractivity (Wildman–Crippen MR) is 118 cm³/mol. The number of nitrogen functional groups attached to an aromatic ring is 1. The molecule has 4 aromatic rings. The molecule has 0 heterocycles. The first kappa shape index (κ1) is 26.8. The summed E-state index contributed by atoms with van der Waals surface area (Å²) in [4.78, 5) is 11.6. The Bertz CT molecular complexity index is 1340. The maximum absolute atomic E-state index is 12.5. The molecule has 0 saturated heterocycles. The Morgan fingerprint density at radius 3 is 2.24 bits per heavy atom. The number of azo groups is 1. The van der Waals surface area contributed by atoms with Gasteiger partial charge in [0.1, 0.15) is 5.69 Å². The molecule has 33 heavy (non-hydrogen) atoms. The van der Waals surface area contributed by atoms with Crippen LogP contribution in [0.1, 0.15) is 11.1 Å². The maximum atomic E-state index is 12.5. The summed E-state index contributed by atoms with van der Waals surface area (Å²) in [5.41, 5.74) is 8.00. The van der Waals surface area contributed by atoms with Gasteiger partial charge in [-0.15, -0.1) is 5.11 Å². The summed E-state index contributed by atoms with van der Waals surface area (Å²) in [6.45, 7) is 0. The number of carbonyl (C=O) groups is 1. The number of rotatable bonds is 5. The van der Waals surface area contributed by atoms with Crippen molar-refractivity contribution in [2.75, 3.05) is 5.73 Å². The number of nitrogens with two attached hydrogens (primary N) is 1. The standard InChI is InChI=1S/C25H19N3O3.2Na/c26-22-13-11-17-8-4-5-9-20(17)24(22)28-27-19-12-10-18(23(29)15-19)14-21(25(30)31)16-6-2-1-3-7-16;;/h1-15,29H,26H2,(H,30,31);;/q;2*+1/p-2/b21-14+,28-27?;;. The Hall–Kier alpha value is -2.45. The molecule has 0 radical (unpaired) electrons. The van der Waals surface area contributed by atoms with E-state index in [0.29, 0.717) is 22.6 Å². The van der Waals surface area contributed by atoms with Gasteiger partial charge in [-0.2, -0.15) is 5.11 Å². The van der Waals surface area contributed by atoms with Gasteiger partial charge in [0.2, 0.25) is 0 Å². The molecule has 0 aliphatic rings. The van der Waals surface area contributed by atoms with Crippen LogP contribution in [0.5, 0.6) is 5.75 Å². The van der Waals surface area contributed by atoms with Gasteiger partial charge in [0.05, 0.1) is 17.3 Å². The van der Waals surface area contributed by atoms with Crippen molar-refractivity contribution in [1.29, 1.82) is 0 Å². The third kappa shape index (κ3) is 6.32. The van der Waals surface area contributed by atoms with Crippen LogP contribution < -0.4 is 75.1 Å². The van der Waals surface area contributed by atoms with Crippen LogP contribution in [-0.4, -0.2) is 5.97 Å². The number of benzene rings is 4. The molecule has 4 rings (SSSR count). The quantitative estimate of drug-likeness (QED) is 0.126. The fourth-order valence-electron chi connectivity index (χ4n) is 3.23. The number of nitrogens with zero attached hydrogens (tertiary/aromatic N) is 2. The first-order chi connectivity index (χ1) is 15.0. The second-order valence-electron chi connectivity index (χ2n) is 6.86. The summed E-state index contributed by atoms with van der Waals surface area (Å²) in [5, 5.41) is 34.3. The van der Waals surface area contributed by atoms with Crippen LogP contribution in [-0.2, 0) is 4.79 Å². The Labute approximate surface area is 235 Å². The van der Waals surface area contributed by atoms with Gasteiger partial charge in [0.15, 0.2) is 0 Å². The largest absolute Gasteiger partial charge is 1.00 e. The number of hydrogen-bond donors (Lipinski definition) is 1. The number of fused-ring (bicyclic) bond motifs is 1. The molecule has 0 aliphatic heterocycles. The van der Waals surface area contributed by atoms with Crippen molar-refractivity contribution in [2.45, 2.75) is 0 Å². The van der Waals surface area contributed by atoms with Crippen LogP contribution in [0.4, 0.5) is 17.1 Å². The number of carbonyl (C=O) groups excluding carboxylic acids is 1. The van der Waals surface area contributed by atoms with Crippen molar-refractivity contribution in [3.05, 3.63) is 96.1 Å². The van der Waals surface area contributed by atoms with Crippen molar-refractivity contribution in [3.63, 3.8) is 0 Å². The molecule has 0 aliphatic carbocycles. The second kappa shape index (κ2) is 12.1. The third-order valence-electron chi connectivity index (χ3n) is 4.80. The average molecular weight is 453 g/mol. The van der Waals surface area contributed by atoms with E-state index in [1.54, 1.807) is 42.5 Å². The molecule has 2 N–H and O–H groups in total. The summed E-state index contributed by atoms with van der Waals surface area (Å²) >= 11 is 0. The molecule has 0 atom stereocenters. The van der Waals surface area contributed by atoms with E-state index in [1.807, 2.05) is 30.3 Å². The van der Waals surface area contributed by atoms with Crippen LogP contribution in [0.25, 0.3) is 22.4 Å². The zero-order valence-corrected chi connectivity index (χ0v) is 22.4. The van der Waals surface area contributed by atoms with Crippen molar-refractivity contribution in [1.82, 2.24) is 0 Å². The number of carboxylic acid groups (broad SMARTS) is 1. The van der Waals surface area contributed by atoms with Gasteiger partial charge in [-0.1, -0.05) is 72.5 Å². The minimum atomic E-state index is -1.36. The number of hydrogen-bond acceptors (Lipinski definition) is 6. The molecule has 0 aromatic heterocycles. The maximum Gasteiger partial charge on any atom is 1.00 e. The molecule has 4 aromatic carbocycles. The zero-order chi connectivity index (χ0) is 21.8. The van der Waals surface area contributed by atoms with Gasteiger partial charge in [-0.25, -0.2) is 0 Å². The molecular formula is C25H17N3Na2O3. The van der Waals surface area contributed by atoms with Crippen LogP contribution in [0.2, 0.25) is 0 Å². The first-order valence-corrected chi connectivity index (χ1v) is 9.51. The monoisotopic (exact) mass is 453 g/mol. The predicted octanol–water partition coefficient (Wildman–Crippen LogP) is -1.79. The Morgan fingerprint density at radius 1 is 0.848 bits per heavy atom. The van der Waals surface area contributed by atoms with E-state index in [-0.39, 0.29) is 76.0 Å². The Kier molecular flexibility index (Phi) is 9.86. The topological polar surface area (TPSA) is 114 Å². The van der Waals surface area contributed by atoms with Gasteiger partial charge in [-0.05, 0) is 40.8 Å². The number of anilines is 1. The normalized spacial score (nSPS) is 11.1. The zero-order valence-electron chi connectivity index (χ0n) is 18.4. The molecule has 0 saturated carbocycles. The molecule has 8 heteroatoms. The van der Waals surface area contributed by atoms with Gasteiger partial charge in [0.25, 0.3) is 0 Å². The van der Waals surface area contributed by atoms with E-state index in [9.17, 15) is 15.0 Å². The molecule has 152 valence electrons. The minimum Gasteiger partial charge on any atom is -0.872 e. The molecule has 0 bridgehead atoms. The smallest absolute Gasteiger partial charge is 0.872 e. The van der Waals surface area contributed by atoms with Crippen molar-refractivity contribution in [2.24, 2.45) is 10.2 Å². The van der Waals surface area contributed by atoms with E-state index in [0.717, 1.165) is 10.8 Å². The van der Waals surface area contributed by atoms with E-state index in [1.165, 1.54) is 18.2 Å². The fourth-order valence-corrected chi connectivity index (χ4v) is 3.23. The van der Waals surface area contributed by atoms with Crippen LogP contribution in [0.3, 0.4) is 0 Å². The SMILES string of the molecule is Nc1ccc2ccccc2c1N=Nc1ccc(/C=C(/C(=O)[O-])c2ccccc2)c([O-])c1.[Na+].[Na+]. The summed E-state index contributed by atoms with van der Waals surface area (Å²) < 4.78 is 0. The molecule has 0 spiro atoms. The summed E-state index contributed by atoms with van der Waals surface area (Å²) in [5.74, 6) is -1.74. The van der Waals surface area contributed by atoms with Crippen LogP contribution in [0.15, 0.2) is 95.2 Å². The molecule has 6 nitrogen and oxygen atoms in total. The molecule has 0 amide bonds. The van der Waals surface area contributed by atoms with Gasteiger partial charge >= 0.3 is 59.1 Å². The van der Waals surface area contributed by atoms with Gasteiger partial charge in [-0.3, -0.25) is 0 Å². The van der Waals surface area contributed by atoms with E-state index < -0.39 is 5.97 Å². The third-order valence-corrected chi connectivity index (χ3v) is 4.80. The molecule has 0 unspecified atom stereocenters. The molecular weight excluding hydrogens is 436 g/mol. The first-order valence-electron chi connectivity index (χ1n) is 9.51. The van der Waals surface area contributed by atoms with Gasteiger partial charge < -0.3 is 20.7 Å². The van der Waals surface area contributed by atoms with Gasteiger partial charge in [0, 0.05) is 11.0 Å². The Balaban J connectivity index is 0.00000193. The van der Waals surface area contributed by atoms with E-state index in [2.05, 4.69) is 10.2 Å². The van der Waals surface area contributed by atoms with Crippen molar-refractivity contribution >= 4 is 45.5 Å². The average Bonchev–Trinajstić information content (AvgIpc) is 2.78. The number of aliphatic carboxylic acids is 1. The summed E-state index contributed by atoms with van der Waals surface area (Å²) in [6.07, 6.45) is 1.30. The van der Waals surface area contributed by atoms with Crippen molar-refractivity contribution < 1.29 is 74.1 Å². The minimum absolute atomic E-state index is 0. The molecule has 0 fully saturated rings. The van der Waals surface area contributed by atoms with E-state index >= 15 is 0 Å². The summed E-state index contributed by atoms with van der Waals surface area (Å²) in [6, 6.07) is 24.2. The fraction of sp³-hybridized carbons (Fsp3) is 0. The van der Waals surface area contributed by atoms with Crippen LogP contribution in [0, 0.1) is 0 Å². The van der Waals surface area contributed by atoms with E-state index in [4.69, 9.17) is 5.73 Å². The van der Waals surface area contributed by atoms with Crippen molar-refractivity contribution in [3.8, 4) is 5.75 Å². The second-order valence-corrected chi connectivity index (χ2v) is 6.86. The van der Waals surface area contributed by atoms with Crippen LogP contribution >= 0.6 is 0 Å².